The zero-order valence-electron chi connectivity index (χ0n) is 18.6. The molecule has 7 nitrogen and oxygen atoms in total. The molecule has 0 saturated heterocycles. The van der Waals surface area contributed by atoms with E-state index in [9.17, 15) is 0 Å². The van der Waals surface area contributed by atoms with Crippen LogP contribution in [0, 0.1) is 13.8 Å². The molecule has 0 unspecified atom stereocenters. The summed E-state index contributed by atoms with van der Waals surface area (Å²) in [6.45, 7) is 4.64. The van der Waals surface area contributed by atoms with E-state index in [0.29, 0.717) is 6.54 Å². The lowest BCUT2D eigenvalue weighted by Crippen LogP contribution is -2.03. The standard InChI is InChI=1S/C25H24N6O/c1-16-11-19(9-10-26-16)24-23(15-30(3)29-24)21-12-17(2)28-25-22(21)13-27-31(25)14-18-5-7-20(32-4)8-6-18/h5-13,15H,14H2,1-4H3. The van der Waals surface area contributed by atoms with Crippen LogP contribution >= 0.6 is 0 Å². The number of pyridine rings is 2. The third kappa shape index (κ3) is 3.62. The van der Waals surface area contributed by atoms with Crippen LogP contribution in [0.5, 0.6) is 5.75 Å². The van der Waals surface area contributed by atoms with Crippen LogP contribution in [0.2, 0.25) is 0 Å². The van der Waals surface area contributed by atoms with Gasteiger partial charge < -0.3 is 4.74 Å². The van der Waals surface area contributed by atoms with Crippen LogP contribution in [-0.4, -0.2) is 36.6 Å². The number of hydrogen-bond acceptors (Lipinski definition) is 5. The average molecular weight is 425 g/mol. The van der Waals surface area contributed by atoms with Crippen molar-refractivity contribution in [1.29, 1.82) is 0 Å². The number of nitrogens with zero attached hydrogens (tertiary/aromatic N) is 6. The largest absolute Gasteiger partial charge is 0.497 e. The summed E-state index contributed by atoms with van der Waals surface area (Å²) in [4.78, 5) is 9.14. The van der Waals surface area contributed by atoms with Gasteiger partial charge in [-0.1, -0.05) is 12.1 Å². The molecule has 0 saturated carbocycles. The number of rotatable bonds is 5. The van der Waals surface area contributed by atoms with Crippen LogP contribution in [0.4, 0.5) is 0 Å². The van der Waals surface area contributed by atoms with Gasteiger partial charge in [-0.05, 0) is 55.3 Å². The summed E-state index contributed by atoms with van der Waals surface area (Å²) in [6.07, 6.45) is 5.78. The first-order valence-corrected chi connectivity index (χ1v) is 10.4. The molecule has 0 aliphatic heterocycles. The quantitative estimate of drug-likeness (QED) is 0.413. The lowest BCUT2D eigenvalue weighted by Gasteiger charge is -2.08. The summed E-state index contributed by atoms with van der Waals surface area (Å²) in [5.74, 6) is 0.839. The second kappa shape index (κ2) is 7.92. The maximum Gasteiger partial charge on any atom is 0.158 e. The van der Waals surface area contributed by atoms with Gasteiger partial charge in [-0.25, -0.2) is 9.67 Å². The summed E-state index contributed by atoms with van der Waals surface area (Å²) in [5.41, 5.74) is 7.98. The highest BCUT2D eigenvalue weighted by Gasteiger charge is 2.18. The van der Waals surface area contributed by atoms with Crippen molar-refractivity contribution in [1.82, 2.24) is 29.5 Å². The zero-order valence-corrected chi connectivity index (χ0v) is 18.6. The minimum atomic E-state index is 0.632. The smallest absolute Gasteiger partial charge is 0.158 e. The number of benzene rings is 1. The van der Waals surface area contributed by atoms with Crippen molar-refractivity contribution in [2.45, 2.75) is 20.4 Å². The molecule has 7 heteroatoms. The van der Waals surface area contributed by atoms with E-state index in [1.807, 2.05) is 73.0 Å². The van der Waals surface area contributed by atoms with Crippen LogP contribution in [0.15, 0.2) is 61.1 Å². The Morgan fingerprint density at radius 1 is 0.969 bits per heavy atom. The Kier molecular flexibility index (Phi) is 4.93. The number of fused-ring (bicyclic) bond motifs is 1. The summed E-state index contributed by atoms with van der Waals surface area (Å²) < 4.78 is 9.06. The predicted octanol–water partition coefficient (Wildman–Crippen LogP) is 4.57. The van der Waals surface area contributed by atoms with Crippen molar-refractivity contribution in [3.8, 4) is 28.1 Å². The summed E-state index contributed by atoms with van der Waals surface area (Å²) in [5, 5.41) is 10.4. The zero-order chi connectivity index (χ0) is 22.2. The molecule has 0 N–H and O–H groups in total. The van der Waals surface area contributed by atoms with Crippen molar-refractivity contribution >= 4 is 11.0 Å². The Bertz CT molecular complexity index is 1410. The second-order valence-electron chi connectivity index (χ2n) is 7.95. The van der Waals surface area contributed by atoms with Gasteiger partial charge >= 0.3 is 0 Å². The van der Waals surface area contributed by atoms with E-state index in [1.54, 1.807) is 7.11 Å². The van der Waals surface area contributed by atoms with Gasteiger partial charge in [-0.15, -0.1) is 0 Å². The van der Waals surface area contributed by atoms with Gasteiger partial charge in [0, 0.05) is 47.3 Å². The molecule has 0 atom stereocenters. The third-order valence-electron chi connectivity index (χ3n) is 5.52. The fraction of sp³-hybridized carbons (Fsp3) is 0.200. The Morgan fingerprint density at radius 3 is 2.53 bits per heavy atom. The van der Waals surface area contributed by atoms with E-state index < -0.39 is 0 Å². The lowest BCUT2D eigenvalue weighted by molar-refractivity contribution is 0.414. The van der Waals surface area contributed by atoms with Crippen LogP contribution in [0.1, 0.15) is 17.0 Å². The fourth-order valence-electron chi connectivity index (χ4n) is 4.01. The number of aromatic nitrogens is 6. The predicted molar refractivity (Wildman–Crippen MR) is 125 cm³/mol. The van der Waals surface area contributed by atoms with Gasteiger partial charge in [0.25, 0.3) is 0 Å². The first-order valence-electron chi connectivity index (χ1n) is 10.4. The van der Waals surface area contributed by atoms with E-state index in [-0.39, 0.29) is 0 Å². The molecule has 0 aliphatic rings. The number of methoxy groups -OCH3 is 1. The Labute approximate surface area is 186 Å². The maximum absolute atomic E-state index is 5.27. The second-order valence-corrected chi connectivity index (χ2v) is 7.95. The summed E-state index contributed by atoms with van der Waals surface area (Å²) >= 11 is 0. The fourth-order valence-corrected chi connectivity index (χ4v) is 4.01. The van der Waals surface area contributed by atoms with Crippen molar-refractivity contribution in [3.63, 3.8) is 0 Å². The van der Waals surface area contributed by atoms with Crippen molar-refractivity contribution in [2.75, 3.05) is 7.11 Å². The molecule has 0 fully saturated rings. The highest BCUT2D eigenvalue weighted by atomic mass is 16.5. The first-order chi connectivity index (χ1) is 15.5. The molecule has 32 heavy (non-hydrogen) atoms. The maximum atomic E-state index is 5.27. The minimum absolute atomic E-state index is 0.632. The van der Waals surface area contributed by atoms with Crippen LogP contribution in [0.3, 0.4) is 0 Å². The summed E-state index contributed by atoms with van der Waals surface area (Å²) in [7, 11) is 3.61. The molecule has 0 aliphatic carbocycles. The lowest BCUT2D eigenvalue weighted by atomic mass is 10.00. The Morgan fingerprint density at radius 2 is 1.78 bits per heavy atom. The highest BCUT2D eigenvalue weighted by Crippen LogP contribution is 2.35. The molecular formula is C25H24N6O. The molecule has 1 aromatic carbocycles. The van der Waals surface area contributed by atoms with Crippen molar-refractivity contribution in [2.24, 2.45) is 7.05 Å². The minimum Gasteiger partial charge on any atom is -0.497 e. The third-order valence-corrected chi connectivity index (χ3v) is 5.52. The van der Waals surface area contributed by atoms with Crippen molar-refractivity contribution < 1.29 is 4.74 Å². The van der Waals surface area contributed by atoms with E-state index in [4.69, 9.17) is 14.8 Å². The SMILES string of the molecule is COc1ccc(Cn2ncc3c(-c4cn(C)nc4-c4ccnc(C)c4)cc(C)nc32)cc1. The van der Waals surface area contributed by atoms with Gasteiger partial charge in [0.15, 0.2) is 5.65 Å². The highest BCUT2D eigenvalue weighted by molar-refractivity contribution is 5.96. The van der Waals surface area contributed by atoms with E-state index in [1.165, 1.54) is 0 Å². The molecule has 5 aromatic rings. The Balaban J connectivity index is 1.62. The number of hydrogen-bond donors (Lipinski definition) is 0. The first kappa shape index (κ1) is 19.9. The molecular weight excluding hydrogens is 400 g/mol. The Hall–Kier alpha value is -4.00. The van der Waals surface area contributed by atoms with Crippen LogP contribution in [-0.2, 0) is 13.6 Å². The molecule has 0 bridgehead atoms. The molecule has 0 spiro atoms. The van der Waals surface area contributed by atoms with E-state index >= 15 is 0 Å². The molecule has 160 valence electrons. The van der Waals surface area contributed by atoms with Crippen LogP contribution < -0.4 is 4.74 Å². The normalized spacial score (nSPS) is 11.2. The van der Waals surface area contributed by atoms with Crippen molar-refractivity contribution in [3.05, 3.63) is 78.0 Å². The van der Waals surface area contributed by atoms with Crippen LogP contribution in [0.25, 0.3) is 33.4 Å². The monoisotopic (exact) mass is 424 g/mol. The molecule has 0 amide bonds. The molecule has 4 heterocycles. The molecule has 0 radical (unpaired) electrons. The van der Waals surface area contributed by atoms with E-state index in [2.05, 4.69) is 28.4 Å². The topological polar surface area (TPSA) is 70.7 Å². The van der Waals surface area contributed by atoms with Gasteiger partial charge in [-0.3, -0.25) is 9.67 Å². The van der Waals surface area contributed by atoms with Gasteiger partial charge in [0.2, 0.25) is 0 Å². The molecule has 4 aromatic heterocycles. The van der Waals surface area contributed by atoms with Gasteiger partial charge in [0.05, 0.1) is 19.9 Å². The molecule has 5 rings (SSSR count). The number of ether oxygens (including phenoxy) is 1. The van der Waals surface area contributed by atoms with Gasteiger partial charge in [0.1, 0.15) is 11.4 Å². The van der Waals surface area contributed by atoms with Gasteiger partial charge in [-0.2, -0.15) is 10.2 Å². The average Bonchev–Trinajstić information content (AvgIpc) is 3.37. The number of aryl methyl sites for hydroxylation is 3. The summed E-state index contributed by atoms with van der Waals surface area (Å²) in [6, 6.07) is 14.2. The van der Waals surface area contributed by atoms with E-state index in [0.717, 1.165) is 56.1 Å².